The van der Waals surface area contributed by atoms with E-state index in [2.05, 4.69) is 15.6 Å². The average Bonchev–Trinajstić information content (AvgIpc) is 3.26. The molecule has 1 saturated carbocycles. The summed E-state index contributed by atoms with van der Waals surface area (Å²) in [6, 6.07) is 11.4. The third kappa shape index (κ3) is 6.01. The number of imidazole rings is 1. The van der Waals surface area contributed by atoms with Crippen molar-refractivity contribution in [1.82, 2.24) is 14.7 Å². The molecule has 6 nitrogen and oxygen atoms in total. The maximum atomic E-state index is 13.0. The van der Waals surface area contributed by atoms with Crippen molar-refractivity contribution in [2.75, 3.05) is 23.8 Å². The number of pyridine rings is 1. The monoisotopic (exact) mass is 495 g/mol. The number of nitrogens with zero attached hydrogens (tertiary/aromatic N) is 3. The summed E-state index contributed by atoms with van der Waals surface area (Å²) in [5, 5.41) is 6.31. The van der Waals surface area contributed by atoms with Crippen molar-refractivity contribution in [3.05, 3.63) is 59.9 Å². The lowest BCUT2D eigenvalue weighted by Crippen LogP contribution is -2.40. The molecule has 1 aromatic carbocycles. The lowest BCUT2D eigenvalue weighted by Gasteiger charge is -2.30. The second kappa shape index (κ2) is 10.1. The van der Waals surface area contributed by atoms with Gasteiger partial charge in [-0.3, -0.25) is 9.20 Å². The van der Waals surface area contributed by atoms with E-state index in [1.54, 1.807) is 43.4 Å². The minimum absolute atomic E-state index is 0.0387. The van der Waals surface area contributed by atoms with Crippen molar-refractivity contribution >= 4 is 23.1 Å². The summed E-state index contributed by atoms with van der Waals surface area (Å²) in [4.78, 5) is 17.8. The van der Waals surface area contributed by atoms with Gasteiger partial charge in [0.25, 0.3) is 12.3 Å². The minimum atomic E-state index is -4.52. The van der Waals surface area contributed by atoms with Crippen LogP contribution in [0.4, 0.5) is 33.5 Å². The molecular formula is C24H26F5N5O. The molecule has 3 aromatic rings. The predicted molar refractivity (Wildman–Crippen MR) is 123 cm³/mol. The molecule has 0 unspecified atom stereocenters. The largest absolute Gasteiger partial charge is 0.434 e. The summed E-state index contributed by atoms with van der Waals surface area (Å²) in [5.74, 6) is 0.263. The molecule has 2 N–H and O–H groups in total. The fourth-order valence-corrected chi connectivity index (χ4v) is 4.32. The lowest BCUT2D eigenvalue weighted by atomic mass is 9.91. The number of halogens is 5. The average molecular weight is 495 g/mol. The Bertz CT molecular complexity index is 1170. The molecule has 0 aliphatic heterocycles. The highest BCUT2D eigenvalue weighted by Crippen LogP contribution is 2.30. The molecule has 0 radical (unpaired) electrons. The fourth-order valence-electron chi connectivity index (χ4n) is 4.32. The van der Waals surface area contributed by atoms with Crippen LogP contribution < -0.4 is 15.5 Å². The number of amides is 1. The summed E-state index contributed by atoms with van der Waals surface area (Å²) < 4.78 is 65.8. The van der Waals surface area contributed by atoms with Crippen molar-refractivity contribution in [2.45, 2.75) is 50.4 Å². The quantitative estimate of drug-likeness (QED) is 0.442. The molecule has 4 rings (SSSR count). The predicted octanol–water partition coefficient (Wildman–Crippen LogP) is 5.21. The fraction of sp³-hybridized carbons (Fsp3) is 0.417. The van der Waals surface area contributed by atoms with E-state index < -0.39 is 24.8 Å². The molecule has 2 aromatic heterocycles. The van der Waals surface area contributed by atoms with E-state index in [9.17, 15) is 26.7 Å². The van der Waals surface area contributed by atoms with Gasteiger partial charge in [0.05, 0.1) is 6.54 Å². The highest BCUT2D eigenvalue weighted by atomic mass is 19.4. The lowest BCUT2D eigenvalue weighted by molar-refractivity contribution is -0.140. The first-order valence-corrected chi connectivity index (χ1v) is 11.3. The van der Waals surface area contributed by atoms with E-state index in [0.29, 0.717) is 29.9 Å². The molecular weight excluding hydrogens is 469 g/mol. The number of aromatic nitrogens is 2. The van der Waals surface area contributed by atoms with E-state index in [1.165, 1.54) is 15.4 Å². The Balaban J connectivity index is 1.34. The Labute approximate surface area is 199 Å². The molecule has 2 heterocycles. The molecule has 1 aliphatic rings. The molecule has 11 heteroatoms. The first-order chi connectivity index (χ1) is 16.6. The van der Waals surface area contributed by atoms with Gasteiger partial charge in [-0.25, -0.2) is 13.8 Å². The van der Waals surface area contributed by atoms with Gasteiger partial charge in [-0.05, 0) is 56.0 Å². The van der Waals surface area contributed by atoms with Crippen molar-refractivity contribution in [1.29, 1.82) is 0 Å². The van der Waals surface area contributed by atoms with Crippen molar-refractivity contribution in [3.8, 4) is 0 Å². The second-order valence-electron chi connectivity index (χ2n) is 8.75. The van der Waals surface area contributed by atoms with Crippen LogP contribution in [-0.4, -0.2) is 47.4 Å². The summed E-state index contributed by atoms with van der Waals surface area (Å²) in [6.07, 6.45) is -3.18. The van der Waals surface area contributed by atoms with E-state index in [-0.39, 0.29) is 23.6 Å². The summed E-state index contributed by atoms with van der Waals surface area (Å²) in [7, 11) is 1.55. The molecule has 0 spiro atoms. The summed E-state index contributed by atoms with van der Waals surface area (Å²) in [5.41, 5.74) is 0.205. The number of hydrogen-bond acceptors (Lipinski definition) is 4. The number of rotatable bonds is 7. The van der Waals surface area contributed by atoms with Crippen LogP contribution in [0.25, 0.3) is 5.65 Å². The Hall–Kier alpha value is -3.37. The Morgan fingerprint density at radius 1 is 1.11 bits per heavy atom. The van der Waals surface area contributed by atoms with Crippen LogP contribution in [0.15, 0.2) is 48.7 Å². The van der Waals surface area contributed by atoms with Gasteiger partial charge in [0, 0.05) is 36.6 Å². The smallest absolute Gasteiger partial charge is 0.369 e. The first kappa shape index (κ1) is 24.7. The molecule has 1 fully saturated rings. The number of hydrogen-bond donors (Lipinski definition) is 2. The molecule has 35 heavy (non-hydrogen) atoms. The third-order valence-corrected chi connectivity index (χ3v) is 6.16. The van der Waals surface area contributed by atoms with Crippen LogP contribution in [0.3, 0.4) is 0 Å². The Kier molecular flexibility index (Phi) is 7.13. The van der Waals surface area contributed by atoms with Gasteiger partial charge in [-0.2, -0.15) is 13.2 Å². The van der Waals surface area contributed by atoms with Gasteiger partial charge >= 0.3 is 6.18 Å². The van der Waals surface area contributed by atoms with Crippen LogP contribution >= 0.6 is 0 Å². The number of fused-ring (bicyclic) bond motifs is 1. The van der Waals surface area contributed by atoms with Gasteiger partial charge in [-0.1, -0.05) is 12.1 Å². The molecule has 0 saturated heterocycles. The van der Waals surface area contributed by atoms with Crippen LogP contribution in [0.2, 0.25) is 0 Å². The van der Waals surface area contributed by atoms with Crippen molar-refractivity contribution in [2.24, 2.45) is 0 Å². The number of carbonyl (C=O) groups excluding carboxylic acids is 1. The van der Waals surface area contributed by atoms with Gasteiger partial charge in [0.1, 0.15) is 11.5 Å². The van der Waals surface area contributed by atoms with E-state index in [1.807, 2.05) is 0 Å². The van der Waals surface area contributed by atoms with Gasteiger partial charge in [0.2, 0.25) is 0 Å². The maximum Gasteiger partial charge on any atom is 0.434 e. The van der Waals surface area contributed by atoms with Gasteiger partial charge < -0.3 is 15.5 Å². The Morgan fingerprint density at radius 2 is 1.80 bits per heavy atom. The number of nitrogens with one attached hydrogen (secondary N) is 2. The van der Waals surface area contributed by atoms with Crippen molar-refractivity contribution in [3.63, 3.8) is 0 Å². The highest BCUT2D eigenvalue weighted by molar-refractivity contribution is 5.95. The molecule has 1 amide bonds. The minimum Gasteiger partial charge on any atom is -0.369 e. The van der Waals surface area contributed by atoms with Crippen molar-refractivity contribution < 1.29 is 26.7 Å². The maximum absolute atomic E-state index is 13.0. The van der Waals surface area contributed by atoms with E-state index in [0.717, 1.165) is 19.0 Å². The number of anilines is 2. The van der Waals surface area contributed by atoms with Crippen LogP contribution in [0.1, 0.15) is 41.7 Å². The summed E-state index contributed by atoms with van der Waals surface area (Å²) >= 11 is 0. The molecule has 1 aliphatic carbocycles. The zero-order valence-corrected chi connectivity index (χ0v) is 19.0. The molecule has 188 valence electrons. The van der Waals surface area contributed by atoms with E-state index >= 15 is 0 Å². The first-order valence-electron chi connectivity index (χ1n) is 11.3. The zero-order chi connectivity index (χ0) is 25.2. The topological polar surface area (TPSA) is 61.7 Å². The third-order valence-electron chi connectivity index (χ3n) is 6.16. The summed E-state index contributed by atoms with van der Waals surface area (Å²) in [6.45, 7) is -0.424. The zero-order valence-electron chi connectivity index (χ0n) is 19.0. The normalized spacial score (nSPS) is 18.6. The van der Waals surface area contributed by atoms with Crippen LogP contribution in [0.5, 0.6) is 0 Å². The number of alkyl halides is 5. The van der Waals surface area contributed by atoms with Crippen LogP contribution in [0, 0.1) is 0 Å². The number of benzene rings is 1. The van der Waals surface area contributed by atoms with Crippen LogP contribution in [-0.2, 0) is 6.18 Å². The highest BCUT2D eigenvalue weighted by Gasteiger charge is 2.34. The van der Waals surface area contributed by atoms with E-state index in [4.69, 9.17) is 0 Å². The second-order valence-corrected chi connectivity index (χ2v) is 8.75. The molecule has 0 bridgehead atoms. The number of carbonyl (C=O) groups is 1. The standard InChI is InChI=1S/C24H26F5N5O/c1-33(14-20(25)26)18-5-2-4-15(12-18)23(35)31-17-10-8-16(9-11-17)30-21-6-3-7-22-32-19(13-34(21)22)24(27,28)29/h2-7,12-13,16-17,20,30H,8-11,14H2,1H3,(H,31,35). The van der Waals surface area contributed by atoms with Gasteiger partial charge in [0.15, 0.2) is 5.69 Å². The SMILES string of the molecule is CN(CC(F)F)c1cccc(C(=O)NC2CCC(Nc3cccc4nc(C(F)(F)F)cn34)CC2)c1. The Morgan fingerprint density at radius 3 is 2.49 bits per heavy atom. The van der Waals surface area contributed by atoms with Gasteiger partial charge in [-0.15, -0.1) is 0 Å². The molecule has 0 atom stereocenters.